The fraction of sp³-hybridized carbons (Fsp3) is 0.522. The monoisotopic (exact) mass is 398 g/mol. The van der Waals surface area contributed by atoms with Gasteiger partial charge in [-0.3, -0.25) is 9.48 Å². The van der Waals surface area contributed by atoms with E-state index in [9.17, 15) is 9.90 Å². The van der Waals surface area contributed by atoms with Gasteiger partial charge >= 0.3 is 0 Å². The van der Waals surface area contributed by atoms with E-state index in [1.54, 1.807) is 6.21 Å². The molecule has 1 aromatic heterocycles. The summed E-state index contributed by atoms with van der Waals surface area (Å²) in [5.41, 5.74) is 6.71. The second-order valence-electron chi connectivity index (χ2n) is 9.66. The number of aryl methyl sites for hydroxylation is 3. The van der Waals surface area contributed by atoms with E-state index in [4.69, 9.17) is 0 Å². The van der Waals surface area contributed by atoms with Crippen molar-refractivity contribution >= 4 is 12.1 Å². The third-order valence-electron chi connectivity index (χ3n) is 4.81. The van der Waals surface area contributed by atoms with Gasteiger partial charge in [0.2, 0.25) is 5.91 Å². The van der Waals surface area contributed by atoms with Crippen LogP contribution in [0.5, 0.6) is 5.75 Å². The summed E-state index contributed by atoms with van der Waals surface area (Å²) in [7, 11) is 0. The van der Waals surface area contributed by atoms with Gasteiger partial charge < -0.3 is 5.11 Å². The third kappa shape index (κ3) is 5.92. The molecule has 0 saturated heterocycles. The summed E-state index contributed by atoms with van der Waals surface area (Å²) in [5.74, 6) is 0.163. The second-order valence-corrected chi connectivity index (χ2v) is 9.66. The normalized spacial score (nSPS) is 12.6. The molecule has 0 bridgehead atoms. The molecule has 6 heteroatoms. The lowest BCUT2D eigenvalue weighted by Gasteiger charge is -2.27. The van der Waals surface area contributed by atoms with E-state index < -0.39 is 0 Å². The van der Waals surface area contributed by atoms with Crippen LogP contribution in [0.2, 0.25) is 0 Å². The molecule has 1 amide bonds. The van der Waals surface area contributed by atoms with E-state index in [0.717, 1.165) is 28.1 Å². The van der Waals surface area contributed by atoms with E-state index in [-0.39, 0.29) is 16.7 Å². The smallest absolute Gasteiger partial charge is 0.241 e. The Morgan fingerprint density at radius 2 is 1.66 bits per heavy atom. The lowest BCUT2D eigenvalue weighted by atomic mass is 9.78. The highest BCUT2D eigenvalue weighted by atomic mass is 16.3. The third-order valence-corrected chi connectivity index (χ3v) is 4.81. The number of phenols is 1. The fourth-order valence-electron chi connectivity index (χ4n) is 3.22. The molecule has 0 spiro atoms. The molecule has 158 valence electrons. The first-order chi connectivity index (χ1) is 13.3. The largest absolute Gasteiger partial charge is 0.507 e. The molecule has 0 unspecified atom stereocenters. The molecule has 29 heavy (non-hydrogen) atoms. The first kappa shape index (κ1) is 22.7. The standard InChI is InChI=1S/C23H34N4O2/c1-15-11-16(2)27(26-15)10-9-20(28)25-24-14-17-12-18(22(3,4)5)21(29)19(13-17)23(6,7)8/h11-14,29H,9-10H2,1-8H3,(H,25,28)/b24-14+. The summed E-state index contributed by atoms with van der Waals surface area (Å²) in [5, 5.41) is 19.3. The Balaban J connectivity index is 2.13. The van der Waals surface area contributed by atoms with Crippen LogP contribution < -0.4 is 5.43 Å². The van der Waals surface area contributed by atoms with Crippen LogP contribution in [0.4, 0.5) is 0 Å². The predicted octanol–water partition coefficient (Wildman–Crippen LogP) is 4.34. The van der Waals surface area contributed by atoms with Gasteiger partial charge in [0.15, 0.2) is 0 Å². The molecule has 2 rings (SSSR count). The van der Waals surface area contributed by atoms with Crippen LogP contribution in [-0.2, 0) is 22.2 Å². The van der Waals surface area contributed by atoms with Crippen LogP contribution in [-0.4, -0.2) is 27.0 Å². The van der Waals surface area contributed by atoms with E-state index in [1.807, 2.05) is 36.7 Å². The van der Waals surface area contributed by atoms with Crippen molar-refractivity contribution in [2.24, 2.45) is 5.10 Å². The van der Waals surface area contributed by atoms with Crippen molar-refractivity contribution in [1.29, 1.82) is 0 Å². The number of hydrogen-bond donors (Lipinski definition) is 2. The Morgan fingerprint density at radius 3 is 2.10 bits per heavy atom. The molecule has 0 saturated carbocycles. The Kier molecular flexibility index (Phi) is 6.56. The molecular weight excluding hydrogens is 364 g/mol. The SMILES string of the molecule is Cc1cc(C)n(CCC(=O)N/N=C/c2cc(C(C)(C)C)c(O)c(C(C)(C)C)c2)n1. The molecule has 0 aliphatic heterocycles. The zero-order valence-electron chi connectivity index (χ0n) is 18.9. The molecule has 1 aromatic carbocycles. The van der Waals surface area contributed by atoms with Gasteiger partial charge in [0.05, 0.1) is 18.5 Å². The maximum atomic E-state index is 12.1. The quantitative estimate of drug-likeness (QED) is 0.581. The van der Waals surface area contributed by atoms with Crippen molar-refractivity contribution in [1.82, 2.24) is 15.2 Å². The number of carbonyl (C=O) groups excluding carboxylic acids is 1. The van der Waals surface area contributed by atoms with Crippen LogP contribution in [0.3, 0.4) is 0 Å². The minimum atomic E-state index is -0.211. The molecule has 2 aromatic rings. The number of aromatic hydroxyl groups is 1. The van der Waals surface area contributed by atoms with Crippen molar-refractivity contribution in [2.45, 2.75) is 79.2 Å². The van der Waals surface area contributed by atoms with E-state index in [1.165, 1.54) is 0 Å². The second kappa shape index (κ2) is 8.39. The maximum Gasteiger partial charge on any atom is 0.241 e. The highest BCUT2D eigenvalue weighted by Crippen LogP contribution is 2.39. The van der Waals surface area contributed by atoms with Crippen LogP contribution in [0, 0.1) is 13.8 Å². The topological polar surface area (TPSA) is 79.5 Å². The average Bonchev–Trinajstić information content (AvgIpc) is 2.89. The van der Waals surface area contributed by atoms with Crippen LogP contribution in [0.1, 0.15) is 76.0 Å². The van der Waals surface area contributed by atoms with Gasteiger partial charge in [-0.25, -0.2) is 5.43 Å². The number of nitrogens with zero attached hydrogens (tertiary/aromatic N) is 3. The molecular formula is C23H34N4O2. The summed E-state index contributed by atoms with van der Waals surface area (Å²) < 4.78 is 1.82. The van der Waals surface area contributed by atoms with Gasteiger partial charge in [-0.05, 0) is 48.4 Å². The van der Waals surface area contributed by atoms with Gasteiger partial charge in [-0.15, -0.1) is 0 Å². The lowest BCUT2D eigenvalue weighted by molar-refractivity contribution is -0.121. The Bertz CT molecular complexity index is 877. The first-order valence-corrected chi connectivity index (χ1v) is 10.00. The van der Waals surface area contributed by atoms with Gasteiger partial charge in [0, 0.05) is 23.2 Å². The highest BCUT2D eigenvalue weighted by Gasteiger charge is 2.26. The molecule has 1 heterocycles. The summed E-state index contributed by atoms with van der Waals surface area (Å²) in [4.78, 5) is 12.1. The van der Waals surface area contributed by atoms with Gasteiger partial charge in [0.1, 0.15) is 5.75 Å². The molecule has 0 fully saturated rings. The molecule has 6 nitrogen and oxygen atoms in total. The summed E-state index contributed by atoms with van der Waals surface area (Å²) in [6, 6.07) is 5.84. The van der Waals surface area contributed by atoms with Crippen molar-refractivity contribution in [3.05, 3.63) is 46.3 Å². The fourth-order valence-corrected chi connectivity index (χ4v) is 3.22. The molecule has 0 radical (unpaired) electrons. The Hall–Kier alpha value is -2.63. The van der Waals surface area contributed by atoms with Gasteiger partial charge in [-0.2, -0.15) is 10.2 Å². The zero-order chi connectivity index (χ0) is 22.0. The van der Waals surface area contributed by atoms with E-state index in [0.29, 0.717) is 18.7 Å². The number of hydrazone groups is 1. The zero-order valence-corrected chi connectivity index (χ0v) is 18.9. The molecule has 0 atom stereocenters. The van der Waals surface area contributed by atoms with Crippen molar-refractivity contribution in [3.8, 4) is 5.75 Å². The molecule has 0 aliphatic carbocycles. The number of phenolic OH excluding ortho intramolecular Hbond substituents is 1. The van der Waals surface area contributed by atoms with Crippen molar-refractivity contribution in [2.75, 3.05) is 0 Å². The summed E-state index contributed by atoms with van der Waals surface area (Å²) >= 11 is 0. The van der Waals surface area contributed by atoms with Crippen molar-refractivity contribution in [3.63, 3.8) is 0 Å². The number of carbonyl (C=O) groups is 1. The maximum absolute atomic E-state index is 12.1. The molecule has 2 N–H and O–H groups in total. The number of nitrogens with one attached hydrogen (secondary N) is 1. The predicted molar refractivity (Wildman–Crippen MR) is 118 cm³/mol. The first-order valence-electron chi connectivity index (χ1n) is 10.00. The van der Waals surface area contributed by atoms with E-state index in [2.05, 4.69) is 57.2 Å². The molecule has 0 aliphatic rings. The van der Waals surface area contributed by atoms with Crippen LogP contribution in [0.15, 0.2) is 23.3 Å². The number of aromatic nitrogens is 2. The average molecular weight is 399 g/mol. The minimum Gasteiger partial charge on any atom is -0.507 e. The highest BCUT2D eigenvalue weighted by molar-refractivity contribution is 5.83. The van der Waals surface area contributed by atoms with Gasteiger partial charge in [0.25, 0.3) is 0 Å². The van der Waals surface area contributed by atoms with Crippen LogP contribution in [0.25, 0.3) is 0 Å². The Morgan fingerprint density at radius 1 is 1.10 bits per heavy atom. The van der Waals surface area contributed by atoms with E-state index >= 15 is 0 Å². The van der Waals surface area contributed by atoms with Crippen LogP contribution >= 0.6 is 0 Å². The number of benzene rings is 1. The number of rotatable bonds is 5. The number of hydrogen-bond acceptors (Lipinski definition) is 4. The lowest BCUT2D eigenvalue weighted by Crippen LogP contribution is -2.20. The number of amides is 1. The van der Waals surface area contributed by atoms with Gasteiger partial charge in [-0.1, -0.05) is 41.5 Å². The summed E-state index contributed by atoms with van der Waals surface area (Å²) in [6.07, 6.45) is 1.93. The Labute approximate surface area is 174 Å². The minimum absolute atomic E-state index is 0.167. The summed E-state index contributed by atoms with van der Waals surface area (Å²) in [6.45, 7) is 16.8. The van der Waals surface area contributed by atoms with Crippen molar-refractivity contribution < 1.29 is 9.90 Å².